The van der Waals surface area contributed by atoms with Crippen LogP contribution in [0.25, 0.3) is 0 Å². The zero-order chi connectivity index (χ0) is 24.5. The number of hydrogen-bond acceptors (Lipinski definition) is 7. The summed E-state index contributed by atoms with van der Waals surface area (Å²) in [5, 5.41) is 5.72. The Kier molecular flexibility index (Phi) is 6.91. The Hall–Kier alpha value is -2.96. The molecule has 0 spiro atoms. The number of amides is 2. The summed E-state index contributed by atoms with van der Waals surface area (Å²) in [6.45, 7) is 1.70. The lowest BCUT2D eigenvalue weighted by atomic mass is 10.1. The first-order valence-electron chi connectivity index (χ1n) is 10.4. The number of hydrogen-bond donors (Lipinski definition) is 2. The molecule has 0 aromatic carbocycles. The third-order valence-electron chi connectivity index (χ3n) is 5.51. The molecule has 2 aromatic rings. The summed E-state index contributed by atoms with van der Waals surface area (Å²) in [5.41, 5.74) is 1.47. The van der Waals surface area contributed by atoms with E-state index in [9.17, 15) is 22.8 Å². The van der Waals surface area contributed by atoms with Crippen LogP contribution in [-0.2, 0) is 16.1 Å². The average molecular weight is 500 g/mol. The normalized spacial score (nSPS) is 19.0. The molecule has 2 amide bonds. The van der Waals surface area contributed by atoms with Crippen molar-refractivity contribution < 1.29 is 32.2 Å². The van der Waals surface area contributed by atoms with Crippen LogP contribution < -0.4 is 15.4 Å². The minimum atomic E-state index is -4.52. The van der Waals surface area contributed by atoms with E-state index in [0.717, 1.165) is 0 Å². The summed E-state index contributed by atoms with van der Waals surface area (Å²) in [5.74, 6) is -0.663. The van der Waals surface area contributed by atoms with E-state index in [1.165, 1.54) is 23.4 Å². The molecule has 9 nitrogen and oxygen atoms in total. The molecule has 0 aliphatic carbocycles. The quantitative estimate of drug-likeness (QED) is 0.629. The van der Waals surface area contributed by atoms with Gasteiger partial charge in [0.2, 0.25) is 11.8 Å². The SMILES string of the molecule is CC(c1cnc(OCC(F)(F)F)c(Cl)c1)N1Cc2c(ccnc2NC(=O)[C@H]2COCCN2)C1=O. The van der Waals surface area contributed by atoms with E-state index >= 15 is 0 Å². The lowest BCUT2D eigenvalue weighted by Crippen LogP contribution is -2.49. The summed E-state index contributed by atoms with van der Waals surface area (Å²) in [6.07, 6.45) is -1.77. The first-order chi connectivity index (χ1) is 16.1. The zero-order valence-electron chi connectivity index (χ0n) is 18.0. The Labute approximate surface area is 197 Å². The molecule has 4 rings (SSSR count). The van der Waals surface area contributed by atoms with Gasteiger partial charge in [0.15, 0.2) is 6.61 Å². The second kappa shape index (κ2) is 9.72. The molecule has 2 aliphatic rings. The highest BCUT2D eigenvalue weighted by atomic mass is 35.5. The summed E-state index contributed by atoms with van der Waals surface area (Å²) in [7, 11) is 0. The Morgan fingerprint density at radius 2 is 2.24 bits per heavy atom. The number of carbonyl (C=O) groups excluding carboxylic acids is 2. The van der Waals surface area contributed by atoms with Crippen LogP contribution >= 0.6 is 11.6 Å². The van der Waals surface area contributed by atoms with Crippen molar-refractivity contribution in [1.29, 1.82) is 0 Å². The zero-order valence-corrected chi connectivity index (χ0v) is 18.7. The number of ether oxygens (including phenoxy) is 2. The Balaban J connectivity index is 1.49. The fraction of sp³-hybridized carbons (Fsp3) is 0.429. The number of nitrogens with one attached hydrogen (secondary N) is 2. The first-order valence-corrected chi connectivity index (χ1v) is 10.8. The van der Waals surface area contributed by atoms with Gasteiger partial charge in [0.05, 0.1) is 25.8 Å². The smallest absolute Gasteiger partial charge is 0.422 e. The lowest BCUT2D eigenvalue weighted by Gasteiger charge is -2.25. The minimum Gasteiger partial charge on any atom is -0.467 e. The van der Waals surface area contributed by atoms with E-state index in [4.69, 9.17) is 16.3 Å². The number of morpholine rings is 1. The Bertz CT molecular complexity index is 1090. The first kappa shape index (κ1) is 24.2. The second-order valence-corrected chi connectivity index (χ2v) is 8.23. The number of rotatable bonds is 6. The van der Waals surface area contributed by atoms with Gasteiger partial charge in [-0.25, -0.2) is 9.97 Å². The van der Waals surface area contributed by atoms with Gasteiger partial charge in [0.1, 0.15) is 16.9 Å². The van der Waals surface area contributed by atoms with Crippen LogP contribution in [0.1, 0.15) is 34.5 Å². The van der Waals surface area contributed by atoms with Crippen LogP contribution in [0.15, 0.2) is 24.5 Å². The second-order valence-electron chi connectivity index (χ2n) is 7.83. The van der Waals surface area contributed by atoms with E-state index in [1.54, 1.807) is 13.0 Å². The summed E-state index contributed by atoms with van der Waals surface area (Å²) >= 11 is 6.06. The Morgan fingerprint density at radius 1 is 1.44 bits per heavy atom. The molecule has 1 fully saturated rings. The topological polar surface area (TPSA) is 106 Å². The number of aromatic nitrogens is 2. The van der Waals surface area contributed by atoms with Crippen molar-refractivity contribution in [1.82, 2.24) is 20.2 Å². The van der Waals surface area contributed by atoms with Crippen molar-refractivity contribution in [2.45, 2.75) is 31.7 Å². The summed E-state index contributed by atoms with van der Waals surface area (Å²) < 4.78 is 47.1. The van der Waals surface area contributed by atoms with E-state index in [0.29, 0.717) is 29.8 Å². The largest absolute Gasteiger partial charge is 0.467 e. The monoisotopic (exact) mass is 499 g/mol. The predicted octanol–water partition coefficient (Wildman–Crippen LogP) is 2.72. The van der Waals surface area contributed by atoms with Gasteiger partial charge >= 0.3 is 6.18 Å². The van der Waals surface area contributed by atoms with Gasteiger partial charge in [-0.2, -0.15) is 13.2 Å². The standard InChI is InChI=1S/C21H21ClF3N5O4/c1-11(12-6-15(22)19(28-7-12)34-10-21(23,24)25)30-8-14-13(20(30)32)2-3-27-17(14)29-18(31)16-9-33-5-4-26-16/h2-3,6-7,11,16,26H,4-5,8-10H2,1H3,(H,27,29,31)/t11?,16-/m1/s1. The molecule has 2 aliphatic heterocycles. The summed E-state index contributed by atoms with van der Waals surface area (Å²) in [4.78, 5) is 35.3. The molecule has 2 atom stereocenters. The number of carbonyl (C=O) groups is 2. The van der Waals surface area contributed by atoms with Crippen molar-refractivity contribution in [3.05, 3.63) is 46.2 Å². The molecule has 2 aromatic heterocycles. The molecule has 2 N–H and O–H groups in total. The number of halogens is 4. The molecule has 1 unspecified atom stereocenters. The van der Waals surface area contributed by atoms with Crippen molar-refractivity contribution in [3.8, 4) is 5.88 Å². The van der Waals surface area contributed by atoms with Crippen LogP contribution in [-0.4, -0.2) is 65.3 Å². The average Bonchev–Trinajstić information content (AvgIpc) is 3.15. The molecule has 1 saturated heterocycles. The van der Waals surface area contributed by atoms with Crippen molar-refractivity contribution in [3.63, 3.8) is 0 Å². The molecule has 0 bridgehead atoms. The predicted molar refractivity (Wildman–Crippen MR) is 115 cm³/mol. The van der Waals surface area contributed by atoms with Gasteiger partial charge in [0, 0.05) is 30.1 Å². The lowest BCUT2D eigenvalue weighted by molar-refractivity contribution is -0.154. The molecule has 34 heavy (non-hydrogen) atoms. The van der Waals surface area contributed by atoms with Crippen LogP contribution in [0, 0.1) is 0 Å². The van der Waals surface area contributed by atoms with E-state index in [-0.39, 0.29) is 41.7 Å². The Morgan fingerprint density at radius 3 is 2.91 bits per heavy atom. The van der Waals surface area contributed by atoms with E-state index in [1.807, 2.05) is 0 Å². The van der Waals surface area contributed by atoms with E-state index < -0.39 is 24.9 Å². The number of pyridine rings is 2. The van der Waals surface area contributed by atoms with Crippen molar-refractivity contribution in [2.24, 2.45) is 0 Å². The highest BCUT2D eigenvalue weighted by Gasteiger charge is 2.35. The minimum absolute atomic E-state index is 0.102. The fourth-order valence-electron chi connectivity index (χ4n) is 3.71. The highest BCUT2D eigenvalue weighted by molar-refractivity contribution is 6.31. The third kappa shape index (κ3) is 5.24. The fourth-order valence-corrected chi connectivity index (χ4v) is 3.94. The molecule has 0 radical (unpaired) electrons. The molecule has 13 heteroatoms. The van der Waals surface area contributed by atoms with Gasteiger partial charge in [-0.1, -0.05) is 11.6 Å². The molecule has 182 valence electrons. The van der Waals surface area contributed by atoms with Crippen LogP contribution in [0.2, 0.25) is 5.02 Å². The van der Waals surface area contributed by atoms with Crippen molar-refractivity contribution >= 4 is 29.2 Å². The maximum atomic E-state index is 13.1. The number of anilines is 1. The molecule has 4 heterocycles. The van der Waals surface area contributed by atoms with Gasteiger partial charge in [0.25, 0.3) is 5.91 Å². The molecular weight excluding hydrogens is 479 g/mol. The van der Waals surface area contributed by atoms with Crippen molar-refractivity contribution in [2.75, 3.05) is 31.7 Å². The molecule has 0 saturated carbocycles. The van der Waals surface area contributed by atoms with Gasteiger partial charge < -0.3 is 25.0 Å². The summed E-state index contributed by atoms with van der Waals surface area (Å²) in [6, 6.07) is 1.95. The van der Waals surface area contributed by atoms with Crippen LogP contribution in [0.4, 0.5) is 19.0 Å². The third-order valence-corrected chi connectivity index (χ3v) is 5.78. The van der Waals surface area contributed by atoms with Gasteiger partial charge in [-0.15, -0.1) is 0 Å². The number of alkyl halides is 3. The van der Waals surface area contributed by atoms with Gasteiger partial charge in [-0.3, -0.25) is 9.59 Å². The molecular formula is C21H21ClF3N5O4. The number of nitrogens with zero attached hydrogens (tertiary/aromatic N) is 3. The maximum absolute atomic E-state index is 13.1. The highest BCUT2D eigenvalue weighted by Crippen LogP contribution is 2.35. The maximum Gasteiger partial charge on any atom is 0.422 e. The van der Waals surface area contributed by atoms with Gasteiger partial charge in [-0.05, 0) is 24.6 Å². The van der Waals surface area contributed by atoms with Crippen LogP contribution in [0.5, 0.6) is 5.88 Å². The van der Waals surface area contributed by atoms with Crippen LogP contribution in [0.3, 0.4) is 0 Å². The number of fused-ring (bicyclic) bond motifs is 1. The van der Waals surface area contributed by atoms with E-state index in [2.05, 4.69) is 25.3 Å².